The highest BCUT2D eigenvalue weighted by molar-refractivity contribution is 6.57. The molecule has 4 N–H and O–H groups in total. The van der Waals surface area contributed by atoms with Crippen molar-refractivity contribution in [2.75, 3.05) is 5.73 Å². The highest BCUT2D eigenvalue weighted by Gasteiger charge is 2.16. The Morgan fingerprint density at radius 2 is 2.00 bits per heavy atom. The van der Waals surface area contributed by atoms with Crippen molar-refractivity contribution >= 4 is 18.5 Å². The number of nitrogens with zero attached hydrogens (tertiary/aromatic N) is 3. The molecule has 7 nitrogen and oxygen atoms in total. The summed E-state index contributed by atoms with van der Waals surface area (Å²) in [4.78, 5) is 11.5. The molecule has 0 aliphatic rings. The third-order valence-electron chi connectivity index (χ3n) is 2.18. The molecule has 2 aromatic heterocycles. The van der Waals surface area contributed by atoms with Gasteiger partial charge in [-0.3, -0.25) is 4.98 Å². The maximum absolute atomic E-state index is 8.97. The fourth-order valence-electron chi connectivity index (χ4n) is 1.26. The van der Waals surface area contributed by atoms with Crippen molar-refractivity contribution in [3.05, 3.63) is 36.3 Å². The average Bonchev–Trinajstić information content (AvgIpc) is 2.38. The number of anilines is 1. The van der Waals surface area contributed by atoms with E-state index in [9.17, 15) is 0 Å². The normalized spacial score (nSPS) is 10.1. The van der Waals surface area contributed by atoms with Crippen molar-refractivity contribution in [1.29, 1.82) is 0 Å². The zero-order valence-corrected chi connectivity index (χ0v) is 9.39. The molecule has 8 heteroatoms. The maximum atomic E-state index is 8.97. The Labute approximate surface area is 103 Å². The third-order valence-corrected chi connectivity index (χ3v) is 2.18. The van der Waals surface area contributed by atoms with Crippen LogP contribution >= 0.6 is 0 Å². The molecule has 0 bridgehead atoms. The molecule has 2 heterocycles. The van der Waals surface area contributed by atoms with Crippen LogP contribution in [-0.2, 0) is 6.61 Å². The summed E-state index contributed by atoms with van der Waals surface area (Å²) in [5, 5.41) is 17.9. The molecule has 18 heavy (non-hydrogen) atoms. The van der Waals surface area contributed by atoms with E-state index in [0.29, 0.717) is 0 Å². The number of ether oxygens (including phenoxy) is 1. The number of nitrogen functional groups attached to an aromatic ring is 1. The second-order valence-corrected chi connectivity index (χ2v) is 3.50. The molecule has 0 saturated heterocycles. The van der Waals surface area contributed by atoms with Gasteiger partial charge in [0.05, 0.1) is 5.59 Å². The SMILES string of the molecule is Nc1ncc(B(O)O)nc1OCc1ccncc1. The van der Waals surface area contributed by atoms with E-state index >= 15 is 0 Å². The molecule has 0 radical (unpaired) electrons. The van der Waals surface area contributed by atoms with Crippen LogP contribution < -0.4 is 16.1 Å². The predicted octanol–water partition coefficient (Wildman–Crippen LogP) is -1.29. The lowest BCUT2D eigenvalue weighted by atomic mass is 9.87. The summed E-state index contributed by atoms with van der Waals surface area (Å²) in [5.74, 6) is 0.158. The molecular formula is C10H11BN4O3. The van der Waals surface area contributed by atoms with E-state index in [2.05, 4.69) is 15.0 Å². The van der Waals surface area contributed by atoms with Crippen LogP contribution in [0.25, 0.3) is 0 Å². The molecule has 0 amide bonds. The Balaban J connectivity index is 2.11. The van der Waals surface area contributed by atoms with Gasteiger partial charge in [0, 0.05) is 18.6 Å². The summed E-state index contributed by atoms with van der Waals surface area (Å²) in [6.07, 6.45) is 4.46. The first kappa shape index (κ1) is 12.3. The number of pyridine rings is 1. The Morgan fingerprint density at radius 3 is 2.67 bits per heavy atom. The highest BCUT2D eigenvalue weighted by Crippen LogP contribution is 2.14. The van der Waals surface area contributed by atoms with Gasteiger partial charge in [-0.1, -0.05) is 0 Å². The van der Waals surface area contributed by atoms with E-state index in [1.165, 1.54) is 6.20 Å². The lowest BCUT2D eigenvalue weighted by Crippen LogP contribution is -2.33. The first-order chi connectivity index (χ1) is 8.66. The van der Waals surface area contributed by atoms with Gasteiger partial charge < -0.3 is 20.5 Å². The molecule has 92 valence electrons. The quantitative estimate of drug-likeness (QED) is 0.575. The van der Waals surface area contributed by atoms with Crippen LogP contribution in [0.4, 0.5) is 5.82 Å². The zero-order chi connectivity index (χ0) is 13.0. The van der Waals surface area contributed by atoms with Crippen molar-refractivity contribution < 1.29 is 14.8 Å². The van der Waals surface area contributed by atoms with E-state index in [1.54, 1.807) is 24.5 Å². The lowest BCUT2D eigenvalue weighted by Gasteiger charge is -2.08. The summed E-state index contributed by atoms with van der Waals surface area (Å²) in [6, 6.07) is 3.57. The topological polar surface area (TPSA) is 114 Å². The van der Waals surface area contributed by atoms with E-state index in [0.717, 1.165) is 5.56 Å². The second kappa shape index (κ2) is 5.43. The van der Waals surface area contributed by atoms with Crippen molar-refractivity contribution in [3.8, 4) is 5.88 Å². The Kier molecular flexibility index (Phi) is 3.70. The van der Waals surface area contributed by atoms with Gasteiger partial charge in [0.15, 0.2) is 5.82 Å². The number of aromatic nitrogens is 3. The van der Waals surface area contributed by atoms with Crippen molar-refractivity contribution in [2.45, 2.75) is 6.61 Å². The van der Waals surface area contributed by atoms with Crippen LogP contribution in [0.15, 0.2) is 30.7 Å². The van der Waals surface area contributed by atoms with Gasteiger partial charge >= 0.3 is 7.12 Å². The lowest BCUT2D eigenvalue weighted by molar-refractivity contribution is 0.294. The van der Waals surface area contributed by atoms with Gasteiger partial charge in [-0.15, -0.1) is 0 Å². The monoisotopic (exact) mass is 246 g/mol. The predicted molar refractivity (Wildman–Crippen MR) is 64.8 cm³/mol. The summed E-state index contributed by atoms with van der Waals surface area (Å²) in [7, 11) is -1.71. The largest absolute Gasteiger partial charge is 0.509 e. The van der Waals surface area contributed by atoms with E-state index in [4.69, 9.17) is 20.5 Å². The van der Waals surface area contributed by atoms with Crippen LogP contribution in [0, 0.1) is 0 Å². The van der Waals surface area contributed by atoms with Gasteiger partial charge in [0.25, 0.3) is 5.88 Å². The summed E-state index contributed by atoms with van der Waals surface area (Å²) >= 11 is 0. The standard InChI is InChI=1S/C10H11BN4O3/c12-9-10(15-8(5-14-9)11(16)17)18-6-7-1-3-13-4-2-7/h1-5,16-17H,6H2,(H2,12,14). The zero-order valence-electron chi connectivity index (χ0n) is 9.39. The van der Waals surface area contributed by atoms with Crippen molar-refractivity contribution in [1.82, 2.24) is 15.0 Å². The fraction of sp³-hybridized carbons (Fsp3) is 0.100. The highest BCUT2D eigenvalue weighted by atomic mass is 16.5. The van der Waals surface area contributed by atoms with Crippen LogP contribution in [0.5, 0.6) is 5.88 Å². The van der Waals surface area contributed by atoms with Gasteiger partial charge in [-0.2, -0.15) is 0 Å². The second-order valence-electron chi connectivity index (χ2n) is 3.50. The smallest absolute Gasteiger partial charge is 0.470 e. The first-order valence-electron chi connectivity index (χ1n) is 5.17. The molecule has 0 aromatic carbocycles. The minimum atomic E-state index is -1.71. The van der Waals surface area contributed by atoms with Gasteiger partial charge in [-0.25, -0.2) is 9.97 Å². The molecule has 2 aromatic rings. The molecule has 0 unspecified atom stereocenters. The Hall–Kier alpha value is -2.19. The molecule has 0 aliphatic heterocycles. The average molecular weight is 246 g/mol. The maximum Gasteiger partial charge on any atom is 0.509 e. The molecule has 0 aliphatic carbocycles. The minimum Gasteiger partial charge on any atom is -0.470 e. The van der Waals surface area contributed by atoms with E-state index < -0.39 is 7.12 Å². The van der Waals surface area contributed by atoms with Crippen LogP contribution in [-0.4, -0.2) is 32.1 Å². The van der Waals surface area contributed by atoms with Gasteiger partial charge in [0.2, 0.25) is 0 Å². The summed E-state index contributed by atoms with van der Waals surface area (Å²) < 4.78 is 5.37. The van der Waals surface area contributed by atoms with Crippen LogP contribution in [0.2, 0.25) is 0 Å². The van der Waals surface area contributed by atoms with Crippen molar-refractivity contribution in [3.63, 3.8) is 0 Å². The number of nitrogens with two attached hydrogens (primary N) is 1. The van der Waals surface area contributed by atoms with E-state index in [1.807, 2.05) is 0 Å². The van der Waals surface area contributed by atoms with Crippen molar-refractivity contribution in [2.24, 2.45) is 0 Å². The number of hydrogen-bond donors (Lipinski definition) is 3. The van der Waals surface area contributed by atoms with Crippen LogP contribution in [0.3, 0.4) is 0 Å². The Bertz CT molecular complexity index is 524. The van der Waals surface area contributed by atoms with Gasteiger partial charge in [0.1, 0.15) is 6.61 Å². The molecule has 0 saturated carbocycles. The summed E-state index contributed by atoms with van der Waals surface area (Å²) in [5.41, 5.74) is 6.45. The van der Waals surface area contributed by atoms with Gasteiger partial charge in [-0.05, 0) is 17.7 Å². The third kappa shape index (κ3) is 2.93. The minimum absolute atomic E-state index is 0.0195. The van der Waals surface area contributed by atoms with Crippen LogP contribution in [0.1, 0.15) is 5.56 Å². The summed E-state index contributed by atoms with van der Waals surface area (Å²) in [6.45, 7) is 0.242. The van der Waals surface area contributed by atoms with E-state index in [-0.39, 0.29) is 23.9 Å². The molecule has 0 fully saturated rings. The Morgan fingerprint density at radius 1 is 1.28 bits per heavy atom. The first-order valence-corrected chi connectivity index (χ1v) is 5.17. The number of rotatable bonds is 4. The molecular weight excluding hydrogens is 235 g/mol. The molecule has 2 rings (SSSR count). The fourth-order valence-corrected chi connectivity index (χ4v) is 1.26. The molecule has 0 spiro atoms. The number of hydrogen-bond acceptors (Lipinski definition) is 7. The molecule has 0 atom stereocenters.